The highest BCUT2D eigenvalue weighted by molar-refractivity contribution is 6.23. The Morgan fingerprint density at radius 3 is 1.52 bits per heavy atom. The number of fused-ring (bicyclic) bond motifs is 11. The lowest BCUT2D eigenvalue weighted by Crippen LogP contribution is -1.91. The molecular formula is C52H30O2. The zero-order valence-corrected chi connectivity index (χ0v) is 29.1. The van der Waals surface area contributed by atoms with Crippen LogP contribution in [-0.4, -0.2) is 0 Å². The van der Waals surface area contributed by atoms with Crippen molar-refractivity contribution in [3.05, 3.63) is 182 Å². The molecule has 0 aliphatic carbocycles. The molecule has 0 spiro atoms. The highest BCUT2D eigenvalue weighted by atomic mass is 16.3. The molecule has 0 saturated carbocycles. The predicted octanol–water partition coefficient (Wildman–Crippen LogP) is 15.1. The lowest BCUT2D eigenvalue weighted by Gasteiger charge is -2.18. The van der Waals surface area contributed by atoms with Gasteiger partial charge in [0.1, 0.15) is 22.3 Å². The Morgan fingerprint density at radius 2 is 0.759 bits per heavy atom. The van der Waals surface area contributed by atoms with Crippen molar-refractivity contribution < 1.29 is 8.83 Å². The van der Waals surface area contributed by atoms with Crippen molar-refractivity contribution >= 4 is 87.0 Å². The van der Waals surface area contributed by atoms with Crippen LogP contribution in [-0.2, 0) is 0 Å². The second-order valence-corrected chi connectivity index (χ2v) is 14.4. The average molecular weight is 687 g/mol. The monoisotopic (exact) mass is 686 g/mol. The second-order valence-electron chi connectivity index (χ2n) is 14.4. The Balaban J connectivity index is 1.04. The molecule has 0 aliphatic rings. The van der Waals surface area contributed by atoms with Crippen LogP contribution in [0.2, 0.25) is 0 Å². The van der Waals surface area contributed by atoms with Gasteiger partial charge in [0.15, 0.2) is 0 Å². The van der Waals surface area contributed by atoms with Gasteiger partial charge in [-0.25, -0.2) is 0 Å². The normalized spacial score (nSPS) is 12.1. The summed E-state index contributed by atoms with van der Waals surface area (Å²) in [5.41, 5.74) is 10.7. The van der Waals surface area contributed by atoms with E-state index in [1.165, 1.54) is 65.3 Å². The van der Waals surface area contributed by atoms with Gasteiger partial charge >= 0.3 is 0 Å². The lowest BCUT2D eigenvalue weighted by molar-refractivity contribution is 0.656. The molecule has 2 heteroatoms. The molecule has 0 N–H and O–H groups in total. The first-order valence-corrected chi connectivity index (χ1v) is 18.5. The van der Waals surface area contributed by atoms with Gasteiger partial charge in [0, 0.05) is 27.6 Å². The third-order valence-electron chi connectivity index (χ3n) is 11.4. The number of benzene rings is 10. The fourth-order valence-electron chi connectivity index (χ4n) is 8.95. The first kappa shape index (κ1) is 29.4. The third kappa shape index (κ3) is 4.28. The standard InChI is InChI=1S/C52H30O2/c1-2-12-33-26-37(21-20-31(33)10-1)51-41-18-7-5-16-39(41)50(40-17-6-8-19-42(40)51)36-14-9-13-34(27-36)35-23-24-46-43(28-35)44-29-45-49(30-48(44)53-46)54-47-25-22-32-11-3-4-15-38(32)52(45)47/h1-30H. The maximum Gasteiger partial charge on any atom is 0.139 e. The van der Waals surface area contributed by atoms with Crippen LogP contribution in [0.25, 0.3) is 120 Å². The fourth-order valence-corrected chi connectivity index (χ4v) is 8.95. The van der Waals surface area contributed by atoms with E-state index in [1.807, 2.05) is 0 Å². The molecule has 0 atom stereocenters. The van der Waals surface area contributed by atoms with Crippen molar-refractivity contribution in [1.29, 1.82) is 0 Å². The summed E-state index contributed by atoms with van der Waals surface area (Å²) in [5.74, 6) is 0. The summed E-state index contributed by atoms with van der Waals surface area (Å²) in [6.45, 7) is 0. The highest BCUT2D eigenvalue weighted by Gasteiger charge is 2.19. The minimum atomic E-state index is 0.830. The van der Waals surface area contributed by atoms with E-state index < -0.39 is 0 Å². The molecule has 2 aromatic heterocycles. The van der Waals surface area contributed by atoms with Crippen LogP contribution in [0.4, 0.5) is 0 Å². The summed E-state index contributed by atoms with van der Waals surface area (Å²) in [4.78, 5) is 0. The van der Waals surface area contributed by atoms with Gasteiger partial charge in [-0.3, -0.25) is 0 Å². The Morgan fingerprint density at radius 1 is 0.241 bits per heavy atom. The van der Waals surface area contributed by atoms with E-state index in [1.54, 1.807) is 0 Å². The maximum atomic E-state index is 6.44. The molecule has 54 heavy (non-hydrogen) atoms. The zero-order chi connectivity index (χ0) is 35.3. The quantitative estimate of drug-likeness (QED) is 0.173. The summed E-state index contributed by atoms with van der Waals surface area (Å²) >= 11 is 0. The van der Waals surface area contributed by atoms with Crippen LogP contribution in [0.15, 0.2) is 191 Å². The second kappa shape index (κ2) is 11.2. The van der Waals surface area contributed by atoms with Crippen LogP contribution < -0.4 is 0 Å². The first-order valence-electron chi connectivity index (χ1n) is 18.5. The van der Waals surface area contributed by atoms with Gasteiger partial charge in [-0.15, -0.1) is 0 Å². The summed E-state index contributed by atoms with van der Waals surface area (Å²) in [7, 11) is 0. The molecule has 250 valence electrons. The van der Waals surface area contributed by atoms with Crippen LogP contribution in [0.1, 0.15) is 0 Å². The van der Waals surface area contributed by atoms with Gasteiger partial charge in [0.25, 0.3) is 0 Å². The SMILES string of the molecule is c1cc(-c2ccc3oc4cc5oc6ccc7ccccc7c6c5cc4c3c2)cc(-c2c3ccccc3c(-c3ccc4ccccc4c3)c3ccccc23)c1. The summed E-state index contributed by atoms with van der Waals surface area (Å²) in [6, 6.07) is 65.8. The van der Waals surface area contributed by atoms with Crippen molar-refractivity contribution in [3.63, 3.8) is 0 Å². The molecule has 10 aromatic carbocycles. The Kier molecular flexibility index (Phi) is 6.09. The first-order chi connectivity index (χ1) is 26.7. The van der Waals surface area contributed by atoms with Gasteiger partial charge in [-0.05, 0) is 113 Å². The Bertz CT molecular complexity index is 3450. The molecule has 12 rings (SSSR count). The van der Waals surface area contributed by atoms with E-state index in [0.717, 1.165) is 55.0 Å². The average Bonchev–Trinajstić information content (AvgIpc) is 3.78. The molecular weight excluding hydrogens is 657 g/mol. The van der Waals surface area contributed by atoms with Gasteiger partial charge in [-0.2, -0.15) is 0 Å². The van der Waals surface area contributed by atoms with E-state index in [4.69, 9.17) is 8.83 Å². The zero-order valence-electron chi connectivity index (χ0n) is 29.1. The molecule has 0 fully saturated rings. The summed E-state index contributed by atoms with van der Waals surface area (Å²) in [6.07, 6.45) is 0. The minimum absolute atomic E-state index is 0.830. The van der Waals surface area contributed by atoms with Gasteiger partial charge in [0.2, 0.25) is 0 Å². The van der Waals surface area contributed by atoms with E-state index in [0.29, 0.717) is 0 Å². The third-order valence-corrected chi connectivity index (χ3v) is 11.4. The van der Waals surface area contributed by atoms with E-state index >= 15 is 0 Å². The summed E-state index contributed by atoms with van der Waals surface area (Å²) in [5, 5.41) is 14.3. The van der Waals surface area contributed by atoms with Crippen molar-refractivity contribution in [2.24, 2.45) is 0 Å². The van der Waals surface area contributed by atoms with Crippen LogP contribution >= 0.6 is 0 Å². The number of hydrogen-bond donors (Lipinski definition) is 0. The van der Waals surface area contributed by atoms with Crippen LogP contribution in [0, 0.1) is 0 Å². The molecule has 0 bridgehead atoms. The van der Waals surface area contributed by atoms with Crippen LogP contribution in [0.5, 0.6) is 0 Å². The van der Waals surface area contributed by atoms with Gasteiger partial charge < -0.3 is 8.83 Å². The van der Waals surface area contributed by atoms with E-state index in [2.05, 4.69) is 182 Å². The Hall–Kier alpha value is -7.16. The van der Waals surface area contributed by atoms with Gasteiger partial charge in [0.05, 0.1) is 0 Å². The minimum Gasteiger partial charge on any atom is -0.456 e. The number of rotatable bonds is 3. The molecule has 2 nitrogen and oxygen atoms in total. The molecule has 0 unspecified atom stereocenters. The van der Waals surface area contributed by atoms with Crippen molar-refractivity contribution in [1.82, 2.24) is 0 Å². The van der Waals surface area contributed by atoms with Crippen molar-refractivity contribution in [2.75, 3.05) is 0 Å². The molecule has 0 radical (unpaired) electrons. The highest BCUT2D eigenvalue weighted by Crippen LogP contribution is 2.45. The Labute approximate surface area is 310 Å². The molecule has 0 saturated heterocycles. The fraction of sp³-hybridized carbons (Fsp3) is 0. The van der Waals surface area contributed by atoms with E-state index in [-0.39, 0.29) is 0 Å². The largest absolute Gasteiger partial charge is 0.456 e. The van der Waals surface area contributed by atoms with E-state index in [9.17, 15) is 0 Å². The maximum absolute atomic E-state index is 6.44. The van der Waals surface area contributed by atoms with Gasteiger partial charge in [-0.1, -0.05) is 140 Å². The van der Waals surface area contributed by atoms with Crippen LogP contribution in [0.3, 0.4) is 0 Å². The number of furan rings is 2. The molecule has 0 aliphatic heterocycles. The topological polar surface area (TPSA) is 26.3 Å². The predicted molar refractivity (Wildman–Crippen MR) is 227 cm³/mol. The smallest absolute Gasteiger partial charge is 0.139 e. The lowest BCUT2D eigenvalue weighted by atomic mass is 9.85. The van der Waals surface area contributed by atoms with Crippen molar-refractivity contribution in [3.8, 4) is 33.4 Å². The number of hydrogen-bond acceptors (Lipinski definition) is 2. The molecule has 12 aromatic rings. The summed E-state index contributed by atoms with van der Waals surface area (Å²) < 4.78 is 12.8. The van der Waals surface area contributed by atoms with Crippen molar-refractivity contribution in [2.45, 2.75) is 0 Å². The molecule has 0 amide bonds. The molecule has 2 heterocycles.